The first-order chi connectivity index (χ1) is 12.5. The lowest BCUT2D eigenvalue weighted by Gasteiger charge is -2.42. The van der Waals surface area contributed by atoms with Crippen LogP contribution in [0.4, 0.5) is 0 Å². The van der Waals surface area contributed by atoms with E-state index in [9.17, 15) is 9.59 Å². The van der Waals surface area contributed by atoms with Gasteiger partial charge in [0.05, 0.1) is 7.11 Å². The Kier molecular flexibility index (Phi) is 6.45. The molecule has 2 atom stereocenters. The van der Waals surface area contributed by atoms with Crippen LogP contribution >= 0.6 is 0 Å². The van der Waals surface area contributed by atoms with Crippen molar-refractivity contribution in [2.75, 3.05) is 7.11 Å². The first-order valence-corrected chi connectivity index (χ1v) is 11.1. The Labute approximate surface area is 159 Å². The summed E-state index contributed by atoms with van der Waals surface area (Å²) in [5.74, 6) is 3.85. The predicted molar refractivity (Wildman–Crippen MR) is 104 cm³/mol. The molecule has 0 saturated heterocycles. The first kappa shape index (κ1) is 19.9. The molecule has 0 aromatic rings. The van der Waals surface area contributed by atoms with Crippen molar-refractivity contribution < 1.29 is 14.3 Å². The van der Waals surface area contributed by atoms with E-state index in [1.54, 1.807) is 6.92 Å². The zero-order valence-corrected chi connectivity index (χ0v) is 17.1. The molecule has 0 aliphatic heterocycles. The average molecular weight is 363 g/mol. The van der Waals surface area contributed by atoms with Crippen LogP contribution in [-0.4, -0.2) is 18.9 Å². The maximum atomic E-state index is 12.6. The third-order valence-corrected chi connectivity index (χ3v) is 8.33. The third-order valence-electron chi connectivity index (χ3n) is 8.33. The molecule has 0 aromatic heterocycles. The molecule has 0 amide bonds. The Morgan fingerprint density at radius 2 is 1.42 bits per heavy atom. The van der Waals surface area contributed by atoms with E-state index >= 15 is 0 Å². The second-order valence-corrected chi connectivity index (χ2v) is 9.61. The fraction of sp³-hybridized carbons (Fsp3) is 0.913. The molecular formula is C23H38O3. The van der Waals surface area contributed by atoms with Crippen LogP contribution in [0.2, 0.25) is 0 Å². The highest BCUT2D eigenvalue weighted by molar-refractivity contribution is 6.03. The van der Waals surface area contributed by atoms with Gasteiger partial charge in [0.2, 0.25) is 0 Å². The summed E-state index contributed by atoms with van der Waals surface area (Å²) in [5.41, 5.74) is -0.889. The van der Waals surface area contributed by atoms with E-state index in [-0.39, 0.29) is 11.8 Å². The second-order valence-electron chi connectivity index (χ2n) is 9.61. The van der Waals surface area contributed by atoms with Crippen LogP contribution in [0.1, 0.15) is 90.9 Å². The van der Waals surface area contributed by atoms with Gasteiger partial charge in [0.15, 0.2) is 0 Å². The van der Waals surface area contributed by atoms with E-state index in [0.29, 0.717) is 24.7 Å². The van der Waals surface area contributed by atoms with Crippen molar-refractivity contribution in [3.05, 3.63) is 0 Å². The Morgan fingerprint density at radius 1 is 0.923 bits per heavy atom. The van der Waals surface area contributed by atoms with Crippen LogP contribution in [0.15, 0.2) is 0 Å². The summed E-state index contributed by atoms with van der Waals surface area (Å²) in [7, 11) is 1.39. The van der Waals surface area contributed by atoms with Crippen LogP contribution in [0.3, 0.4) is 0 Å². The predicted octanol–water partition coefficient (Wildman–Crippen LogP) is 5.56. The van der Waals surface area contributed by atoms with E-state index in [1.807, 2.05) is 0 Å². The molecule has 3 heteroatoms. The molecule has 3 fully saturated rings. The minimum atomic E-state index is -0.889. The molecule has 3 nitrogen and oxygen atoms in total. The van der Waals surface area contributed by atoms with Gasteiger partial charge in [0.1, 0.15) is 11.2 Å². The number of carbonyl (C=O) groups is 2. The minimum absolute atomic E-state index is 0.112. The largest absolute Gasteiger partial charge is 0.468 e. The van der Waals surface area contributed by atoms with Gasteiger partial charge in [0, 0.05) is 6.42 Å². The van der Waals surface area contributed by atoms with Gasteiger partial charge >= 0.3 is 5.97 Å². The number of methoxy groups -OCH3 is 1. The molecule has 3 rings (SSSR count). The number of rotatable bonds is 4. The highest BCUT2D eigenvalue weighted by Crippen LogP contribution is 2.47. The van der Waals surface area contributed by atoms with Crippen LogP contribution in [0, 0.1) is 35.0 Å². The van der Waals surface area contributed by atoms with E-state index in [2.05, 4.69) is 6.92 Å². The number of hydrogen-bond acceptors (Lipinski definition) is 3. The Morgan fingerprint density at radius 3 is 1.88 bits per heavy atom. The topological polar surface area (TPSA) is 43.4 Å². The lowest BCUT2D eigenvalue weighted by Crippen LogP contribution is -2.43. The van der Waals surface area contributed by atoms with Crippen molar-refractivity contribution in [2.24, 2.45) is 35.0 Å². The zero-order chi connectivity index (χ0) is 18.7. The summed E-state index contributed by atoms with van der Waals surface area (Å²) in [5, 5.41) is 0. The summed E-state index contributed by atoms with van der Waals surface area (Å²) in [4.78, 5) is 24.6. The fourth-order valence-corrected chi connectivity index (χ4v) is 6.18. The van der Waals surface area contributed by atoms with Crippen molar-refractivity contribution in [2.45, 2.75) is 90.9 Å². The summed E-state index contributed by atoms with van der Waals surface area (Å²) in [6.07, 6.45) is 14.8. The molecule has 0 unspecified atom stereocenters. The van der Waals surface area contributed by atoms with Gasteiger partial charge in [-0.15, -0.1) is 0 Å². The van der Waals surface area contributed by atoms with Gasteiger partial charge in [-0.05, 0) is 87.9 Å². The number of carbonyl (C=O) groups excluding carboxylic acids is 2. The normalized spacial score (nSPS) is 41.7. The highest BCUT2D eigenvalue weighted by atomic mass is 16.5. The van der Waals surface area contributed by atoms with E-state index in [4.69, 9.17) is 4.74 Å². The quantitative estimate of drug-likeness (QED) is 0.486. The Hall–Kier alpha value is -0.860. The highest BCUT2D eigenvalue weighted by Gasteiger charge is 2.47. The number of Topliss-reactive ketones (excluding diaryl/α,β-unsaturated/α-hetero) is 1. The smallest absolute Gasteiger partial charge is 0.319 e. The van der Waals surface area contributed by atoms with Crippen LogP contribution in [0.25, 0.3) is 0 Å². The Bertz CT molecular complexity index is 498. The molecule has 3 aliphatic rings. The summed E-state index contributed by atoms with van der Waals surface area (Å²) >= 11 is 0. The molecule has 0 aromatic carbocycles. The van der Waals surface area contributed by atoms with E-state index in [0.717, 1.165) is 24.2 Å². The van der Waals surface area contributed by atoms with Crippen molar-refractivity contribution in [1.29, 1.82) is 0 Å². The monoisotopic (exact) mass is 362 g/mol. The molecule has 3 aliphatic carbocycles. The minimum Gasteiger partial charge on any atom is -0.468 e. The number of ether oxygens (including phenoxy) is 1. The van der Waals surface area contributed by atoms with Crippen molar-refractivity contribution in [3.8, 4) is 0 Å². The van der Waals surface area contributed by atoms with Crippen molar-refractivity contribution in [3.63, 3.8) is 0 Å². The van der Waals surface area contributed by atoms with E-state index < -0.39 is 5.41 Å². The van der Waals surface area contributed by atoms with Crippen LogP contribution < -0.4 is 0 Å². The third kappa shape index (κ3) is 4.02. The van der Waals surface area contributed by atoms with Gasteiger partial charge in [0.25, 0.3) is 0 Å². The van der Waals surface area contributed by atoms with Gasteiger partial charge < -0.3 is 4.74 Å². The SMILES string of the molecule is CCC1CCC(C2CCC([C@@H]3CC[C@](C)(C(=O)OC)C(=O)C3)CC2)CC1. The summed E-state index contributed by atoms with van der Waals surface area (Å²) in [6.45, 7) is 4.12. The molecule has 0 N–H and O–H groups in total. The van der Waals surface area contributed by atoms with Crippen molar-refractivity contribution >= 4 is 11.8 Å². The maximum absolute atomic E-state index is 12.6. The molecule has 0 bridgehead atoms. The first-order valence-electron chi connectivity index (χ1n) is 11.1. The summed E-state index contributed by atoms with van der Waals surface area (Å²) in [6, 6.07) is 0. The fourth-order valence-electron chi connectivity index (χ4n) is 6.18. The molecule has 0 radical (unpaired) electrons. The number of esters is 1. The standard InChI is InChI=1S/C23H38O3/c1-4-16-5-7-17(8-6-16)18-9-11-19(12-10-18)20-13-14-23(2,21(24)15-20)22(25)26-3/h16-20H,4-15H2,1-3H3/t16?,17?,18?,19?,20-,23+/m1/s1. The zero-order valence-electron chi connectivity index (χ0n) is 17.1. The molecular weight excluding hydrogens is 324 g/mol. The second kappa shape index (κ2) is 8.44. The molecule has 148 valence electrons. The molecule has 3 saturated carbocycles. The van der Waals surface area contributed by atoms with Gasteiger partial charge in [-0.3, -0.25) is 9.59 Å². The number of hydrogen-bond donors (Lipinski definition) is 0. The lowest BCUT2D eigenvalue weighted by atomic mass is 9.62. The lowest BCUT2D eigenvalue weighted by molar-refractivity contribution is -0.160. The average Bonchev–Trinajstić information content (AvgIpc) is 2.69. The van der Waals surface area contributed by atoms with Crippen molar-refractivity contribution in [1.82, 2.24) is 0 Å². The van der Waals surface area contributed by atoms with Crippen LogP contribution in [0.5, 0.6) is 0 Å². The maximum Gasteiger partial charge on any atom is 0.319 e. The molecule has 0 spiro atoms. The molecule has 0 heterocycles. The van der Waals surface area contributed by atoms with E-state index in [1.165, 1.54) is 64.9 Å². The van der Waals surface area contributed by atoms with Crippen LogP contribution in [-0.2, 0) is 14.3 Å². The molecule has 26 heavy (non-hydrogen) atoms. The van der Waals surface area contributed by atoms with Gasteiger partial charge in [-0.25, -0.2) is 0 Å². The van der Waals surface area contributed by atoms with Gasteiger partial charge in [-0.1, -0.05) is 26.2 Å². The summed E-state index contributed by atoms with van der Waals surface area (Å²) < 4.78 is 4.88. The van der Waals surface area contributed by atoms with Gasteiger partial charge in [-0.2, -0.15) is 0 Å². The Balaban J connectivity index is 1.47. The number of ketones is 1.